The van der Waals surface area contributed by atoms with Crippen LogP contribution in [0.4, 0.5) is 0 Å². The third-order valence-electron chi connectivity index (χ3n) is 5.05. The molecule has 0 saturated carbocycles. The van der Waals surface area contributed by atoms with Gasteiger partial charge in [-0.1, -0.05) is 36.4 Å². The van der Waals surface area contributed by atoms with Crippen LogP contribution >= 0.6 is 0 Å². The van der Waals surface area contributed by atoms with Gasteiger partial charge in [0.1, 0.15) is 5.75 Å². The molecule has 1 aliphatic rings. The number of carboxylic acids is 1. The van der Waals surface area contributed by atoms with E-state index in [9.17, 15) is 4.79 Å². The summed E-state index contributed by atoms with van der Waals surface area (Å²) in [5.41, 5.74) is 3.97. The van der Waals surface area contributed by atoms with E-state index in [0.29, 0.717) is 5.92 Å². The third-order valence-corrected chi connectivity index (χ3v) is 5.05. The van der Waals surface area contributed by atoms with Gasteiger partial charge in [0.05, 0.1) is 13.7 Å². The van der Waals surface area contributed by atoms with Gasteiger partial charge in [-0.3, -0.25) is 9.69 Å². The molecule has 132 valence electrons. The van der Waals surface area contributed by atoms with Gasteiger partial charge in [0, 0.05) is 12.5 Å². The van der Waals surface area contributed by atoms with E-state index in [2.05, 4.69) is 36.4 Å². The van der Waals surface area contributed by atoms with Crippen molar-refractivity contribution in [1.82, 2.24) is 4.90 Å². The number of aryl methyl sites for hydroxylation is 1. The van der Waals surface area contributed by atoms with Gasteiger partial charge >= 0.3 is 5.97 Å². The van der Waals surface area contributed by atoms with Crippen LogP contribution in [0, 0.1) is 5.92 Å². The van der Waals surface area contributed by atoms with Crippen LogP contribution < -0.4 is 4.74 Å². The van der Waals surface area contributed by atoms with Crippen LogP contribution in [0.15, 0.2) is 48.5 Å². The molecule has 4 heteroatoms. The number of likely N-dealkylation sites (N-methyl/N-ethyl adjacent to an activating group) is 1. The maximum Gasteiger partial charge on any atom is 0.317 e. The molecule has 0 aromatic heterocycles. The van der Waals surface area contributed by atoms with Crippen LogP contribution in [-0.4, -0.2) is 43.2 Å². The van der Waals surface area contributed by atoms with E-state index in [0.717, 1.165) is 25.1 Å². The predicted molar refractivity (Wildman–Crippen MR) is 98.2 cm³/mol. The van der Waals surface area contributed by atoms with Crippen LogP contribution in [0.3, 0.4) is 0 Å². The van der Waals surface area contributed by atoms with E-state index < -0.39 is 5.97 Å². The topological polar surface area (TPSA) is 49.8 Å². The van der Waals surface area contributed by atoms with Gasteiger partial charge in [-0.05, 0) is 54.6 Å². The largest absolute Gasteiger partial charge is 0.497 e. The number of hydrogen-bond donors (Lipinski definition) is 1. The van der Waals surface area contributed by atoms with E-state index in [1.165, 1.54) is 16.7 Å². The standard InChI is InChI=1S/C21H25NO3/c1-22(14-20(23)24)13-17-9-8-16-12-18(25-2)10-11-19(16)21(17)15-6-4-3-5-7-15/h3-7,10-12,17,21H,8-9,13-14H2,1-2H3,(H,23,24)/t17-,21+/m0/s1. The van der Waals surface area contributed by atoms with Crippen molar-refractivity contribution in [3.05, 3.63) is 65.2 Å². The quantitative estimate of drug-likeness (QED) is 0.876. The van der Waals surface area contributed by atoms with Crippen molar-refractivity contribution in [2.24, 2.45) is 5.92 Å². The summed E-state index contributed by atoms with van der Waals surface area (Å²) in [4.78, 5) is 12.9. The van der Waals surface area contributed by atoms with E-state index in [4.69, 9.17) is 9.84 Å². The minimum Gasteiger partial charge on any atom is -0.497 e. The van der Waals surface area contributed by atoms with Gasteiger partial charge in [0.15, 0.2) is 0 Å². The summed E-state index contributed by atoms with van der Waals surface area (Å²) in [6.45, 7) is 0.852. The molecule has 0 aliphatic heterocycles. The zero-order chi connectivity index (χ0) is 17.8. The lowest BCUT2D eigenvalue weighted by Crippen LogP contribution is -2.35. The fraction of sp³-hybridized carbons (Fsp3) is 0.381. The van der Waals surface area contributed by atoms with Crippen molar-refractivity contribution in [1.29, 1.82) is 0 Å². The molecule has 0 radical (unpaired) electrons. The number of hydrogen-bond acceptors (Lipinski definition) is 3. The maximum atomic E-state index is 11.0. The predicted octanol–water partition coefficient (Wildman–Crippen LogP) is 3.41. The lowest BCUT2D eigenvalue weighted by atomic mass is 9.71. The highest BCUT2D eigenvalue weighted by molar-refractivity contribution is 5.69. The summed E-state index contributed by atoms with van der Waals surface area (Å²) in [5.74, 6) is 0.798. The van der Waals surface area contributed by atoms with Crippen LogP contribution in [0.2, 0.25) is 0 Å². The van der Waals surface area contributed by atoms with Crippen LogP contribution in [0.5, 0.6) is 5.75 Å². The first kappa shape index (κ1) is 17.5. The molecule has 2 aromatic rings. The molecule has 1 aliphatic carbocycles. The first-order valence-corrected chi connectivity index (χ1v) is 8.70. The molecule has 0 bridgehead atoms. The Labute approximate surface area is 149 Å². The molecular weight excluding hydrogens is 314 g/mol. The van der Waals surface area contributed by atoms with Crippen LogP contribution in [0.25, 0.3) is 0 Å². The minimum absolute atomic E-state index is 0.0769. The van der Waals surface area contributed by atoms with Gasteiger partial charge in [-0.25, -0.2) is 0 Å². The van der Waals surface area contributed by atoms with Gasteiger partial charge < -0.3 is 9.84 Å². The average molecular weight is 339 g/mol. The van der Waals surface area contributed by atoms with E-state index in [1.54, 1.807) is 7.11 Å². The first-order chi connectivity index (χ1) is 12.1. The molecule has 0 amide bonds. The summed E-state index contributed by atoms with van der Waals surface area (Å²) < 4.78 is 5.38. The number of benzene rings is 2. The highest BCUT2D eigenvalue weighted by atomic mass is 16.5. The van der Waals surface area contributed by atoms with Crippen molar-refractivity contribution in [3.8, 4) is 5.75 Å². The Morgan fingerprint density at radius 3 is 2.68 bits per heavy atom. The number of rotatable bonds is 6. The molecule has 2 atom stereocenters. The van der Waals surface area contributed by atoms with Crippen molar-refractivity contribution < 1.29 is 14.6 Å². The lowest BCUT2D eigenvalue weighted by molar-refractivity contribution is -0.138. The Morgan fingerprint density at radius 1 is 1.24 bits per heavy atom. The Bertz CT molecular complexity index is 729. The maximum absolute atomic E-state index is 11.0. The Balaban J connectivity index is 1.94. The molecule has 0 spiro atoms. The fourth-order valence-corrected chi connectivity index (χ4v) is 4.00. The second kappa shape index (κ2) is 7.70. The number of nitrogens with zero attached hydrogens (tertiary/aromatic N) is 1. The van der Waals surface area contributed by atoms with Gasteiger partial charge in [0.2, 0.25) is 0 Å². The molecule has 2 aromatic carbocycles. The van der Waals surface area contributed by atoms with Crippen molar-refractivity contribution in [3.63, 3.8) is 0 Å². The van der Waals surface area contributed by atoms with Gasteiger partial charge in [-0.15, -0.1) is 0 Å². The molecule has 3 rings (SSSR count). The van der Waals surface area contributed by atoms with E-state index in [1.807, 2.05) is 24.1 Å². The number of fused-ring (bicyclic) bond motifs is 1. The van der Waals surface area contributed by atoms with Crippen molar-refractivity contribution in [2.45, 2.75) is 18.8 Å². The second-order valence-corrected chi connectivity index (χ2v) is 6.84. The third kappa shape index (κ3) is 4.02. The molecule has 1 N–H and O–H groups in total. The van der Waals surface area contributed by atoms with Crippen molar-refractivity contribution in [2.75, 3.05) is 27.2 Å². The van der Waals surface area contributed by atoms with Gasteiger partial charge in [-0.2, -0.15) is 0 Å². The van der Waals surface area contributed by atoms with Crippen molar-refractivity contribution >= 4 is 5.97 Å². The monoisotopic (exact) mass is 339 g/mol. The zero-order valence-corrected chi connectivity index (χ0v) is 14.8. The molecule has 4 nitrogen and oxygen atoms in total. The summed E-state index contributed by atoms with van der Waals surface area (Å²) in [5, 5.41) is 9.06. The summed E-state index contributed by atoms with van der Waals surface area (Å²) >= 11 is 0. The lowest BCUT2D eigenvalue weighted by Gasteiger charge is -2.36. The van der Waals surface area contributed by atoms with E-state index >= 15 is 0 Å². The van der Waals surface area contributed by atoms with Gasteiger partial charge in [0.25, 0.3) is 0 Å². The van der Waals surface area contributed by atoms with Crippen LogP contribution in [-0.2, 0) is 11.2 Å². The zero-order valence-electron chi connectivity index (χ0n) is 14.8. The summed E-state index contributed by atoms with van der Waals surface area (Å²) in [6, 6.07) is 16.9. The number of methoxy groups -OCH3 is 1. The highest BCUT2D eigenvalue weighted by Gasteiger charge is 2.31. The molecule has 0 saturated heterocycles. The SMILES string of the molecule is COc1ccc2c(c1)CC[C@@H](CN(C)CC(=O)O)[C@H]2c1ccccc1. The normalized spacial score (nSPS) is 19.5. The molecule has 0 unspecified atom stereocenters. The number of carbonyl (C=O) groups is 1. The molecule has 0 heterocycles. The molecule has 0 fully saturated rings. The number of carboxylic acid groups (broad SMARTS) is 1. The van der Waals surface area contributed by atoms with Crippen LogP contribution in [0.1, 0.15) is 29.0 Å². The van der Waals surface area contributed by atoms with E-state index in [-0.39, 0.29) is 12.5 Å². The summed E-state index contributed by atoms with van der Waals surface area (Å²) in [6.07, 6.45) is 2.05. The number of ether oxygens (including phenoxy) is 1. The molecular formula is C21H25NO3. The smallest absolute Gasteiger partial charge is 0.317 e. The highest BCUT2D eigenvalue weighted by Crippen LogP contribution is 2.42. The Kier molecular flexibility index (Phi) is 5.39. The minimum atomic E-state index is -0.778. The Morgan fingerprint density at radius 2 is 2.00 bits per heavy atom. The Hall–Kier alpha value is -2.33. The molecule has 25 heavy (non-hydrogen) atoms. The fourth-order valence-electron chi connectivity index (χ4n) is 4.00. The number of aliphatic carboxylic acids is 1. The summed E-state index contributed by atoms with van der Waals surface area (Å²) in [7, 11) is 3.59. The first-order valence-electron chi connectivity index (χ1n) is 8.70. The average Bonchev–Trinajstić information content (AvgIpc) is 2.61. The second-order valence-electron chi connectivity index (χ2n) is 6.84.